The SMILES string of the molecule is CCCCCCCCC(CCCCCC)CNC(=O)CCCCCN(CCCCCC(O)NCC(CCCCCC)CCCCCCCC)CCN(CCO)C1CCCCC1. The van der Waals surface area contributed by atoms with Gasteiger partial charge in [-0.15, -0.1) is 0 Å². The van der Waals surface area contributed by atoms with Crippen molar-refractivity contribution in [1.82, 2.24) is 20.4 Å². The number of amides is 1. The quantitative estimate of drug-likeness (QED) is 0.0360. The summed E-state index contributed by atoms with van der Waals surface area (Å²) in [5.41, 5.74) is 0. The first-order valence-corrected chi connectivity index (χ1v) is 27.7. The van der Waals surface area contributed by atoms with Crippen molar-refractivity contribution in [2.45, 2.75) is 278 Å². The molecule has 0 aliphatic heterocycles. The molecule has 0 heterocycles. The first-order valence-electron chi connectivity index (χ1n) is 27.7. The zero-order valence-corrected chi connectivity index (χ0v) is 41.8. The van der Waals surface area contributed by atoms with Crippen LogP contribution in [0.1, 0.15) is 265 Å². The second-order valence-corrected chi connectivity index (χ2v) is 19.8. The van der Waals surface area contributed by atoms with Gasteiger partial charge in [0.1, 0.15) is 6.23 Å². The number of nitrogens with one attached hydrogen (secondary N) is 2. The van der Waals surface area contributed by atoms with E-state index in [0.29, 0.717) is 24.3 Å². The highest BCUT2D eigenvalue weighted by Crippen LogP contribution is 2.23. The van der Waals surface area contributed by atoms with Crippen molar-refractivity contribution in [3.63, 3.8) is 0 Å². The Bertz CT molecular complexity index is 902. The van der Waals surface area contributed by atoms with Gasteiger partial charge >= 0.3 is 0 Å². The number of hydrogen-bond acceptors (Lipinski definition) is 6. The van der Waals surface area contributed by atoms with Gasteiger partial charge in [-0.3, -0.25) is 15.0 Å². The minimum absolute atomic E-state index is 0.242. The highest BCUT2D eigenvalue weighted by molar-refractivity contribution is 5.75. The molecule has 0 bridgehead atoms. The third kappa shape index (κ3) is 36.2. The van der Waals surface area contributed by atoms with Gasteiger partial charge in [0, 0.05) is 45.2 Å². The Labute approximate surface area is 381 Å². The first kappa shape index (κ1) is 58.3. The lowest BCUT2D eigenvalue weighted by atomic mass is 9.94. The Balaban J connectivity index is 2.54. The van der Waals surface area contributed by atoms with Crippen LogP contribution in [0.4, 0.5) is 0 Å². The van der Waals surface area contributed by atoms with E-state index in [1.807, 2.05) is 0 Å². The summed E-state index contributed by atoms with van der Waals surface area (Å²) in [5, 5.41) is 27.7. The Kier molecular flexibility index (Phi) is 42.5. The number of nitrogens with zero attached hydrogens (tertiary/aromatic N) is 2. The second kappa shape index (κ2) is 44.5. The molecular formula is C54H110N4O3. The van der Waals surface area contributed by atoms with Gasteiger partial charge in [0.05, 0.1) is 6.61 Å². The van der Waals surface area contributed by atoms with Crippen molar-refractivity contribution >= 4 is 5.91 Å². The number of aliphatic hydroxyl groups is 2. The lowest BCUT2D eigenvalue weighted by Gasteiger charge is -2.35. The average Bonchev–Trinajstić information content (AvgIpc) is 3.27. The van der Waals surface area contributed by atoms with Crippen LogP contribution in [0.15, 0.2) is 0 Å². The molecule has 1 aliphatic rings. The monoisotopic (exact) mass is 863 g/mol. The molecule has 1 rings (SSSR count). The van der Waals surface area contributed by atoms with E-state index >= 15 is 0 Å². The van der Waals surface area contributed by atoms with Crippen LogP contribution in [-0.2, 0) is 4.79 Å². The van der Waals surface area contributed by atoms with Crippen LogP contribution >= 0.6 is 0 Å². The van der Waals surface area contributed by atoms with E-state index in [0.717, 1.165) is 90.8 Å². The summed E-state index contributed by atoms with van der Waals surface area (Å²) in [6, 6.07) is 0.624. The van der Waals surface area contributed by atoms with Gasteiger partial charge in [-0.25, -0.2) is 0 Å². The summed E-state index contributed by atoms with van der Waals surface area (Å²) in [4.78, 5) is 18.2. The minimum Gasteiger partial charge on any atom is -0.395 e. The summed E-state index contributed by atoms with van der Waals surface area (Å²) < 4.78 is 0. The molecule has 0 spiro atoms. The van der Waals surface area contributed by atoms with Crippen molar-refractivity contribution in [3.05, 3.63) is 0 Å². The molecule has 7 heteroatoms. The summed E-state index contributed by atoms with van der Waals surface area (Å²) >= 11 is 0. The Morgan fingerprint density at radius 3 is 1.48 bits per heavy atom. The van der Waals surface area contributed by atoms with E-state index in [1.54, 1.807) is 0 Å². The first-order chi connectivity index (χ1) is 30.0. The molecule has 0 aromatic carbocycles. The molecule has 61 heavy (non-hydrogen) atoms. The number of unbranched alkanes of at least 4 members (excludes halogenated alkanes) is 20. The summed E-state index contributed by atoms with van der Waals surface area (Å²) in [6.07, 6.45) is 46.1. The molecule has 364 valence electrons. The topological polar surface area (TPSA) is 88.1 Å². The third-order valence-corrected chi connectivity index (χ3v) is 14.1. The molecule has 1 amide bonds. The van der Waals surface area contributed by atoms with Gasteiger partial charge < -0.3 is 20.4 Å². The normalized spacial score (nSPS) is 15.2. The minimum atomic E-state index is -0.393. The van der Waals surface area contributed by atoms with Gasteiger partial charge in [-0.2, -0.15) is 0 Å². The molecule has 4 N–H and O–H groups in total. The summed E-state index contributed by atoms with van der Waals surface area (Å²) in [5.74, 6) is 1.58. The fourth-order valence-electron chi connectivity index (χ4n) is 9.90. The summed E-state index contributed by atoms with van der Waals surface area (Å²) in [7, 11) is 0. The predicted octanol–water partition coefficient (Wildman–Crippen LogP) is 13.7. The number of carbonyl (C=O) groups excluding carboxylic acids is 1. The zero-order valence-electron chi connectivity index (χ0n) is 41.8. The largest absolute Gasteiger partial charge is 0.395 e. The lowest BCUT2D eigenvalue weighted by Crippen LogP contribution is -2.43. The summed E-state index contributed by atoms with van der Waals surface area (Å²) in [6.45, 7) is 16.3. The number of aliphatic hydroxyl groups excluding tert-OH is 2. The molecule has 3 atom stereocenters. The van der Waals surface area contributed by atoms with Crippen molar-refractivity contribution < 1.29 is 15.0 Å². The molecule has 0 aromatic heterocycles. The Hall–Kier alpha value is -0.730. The highest BCUT2D eigenvalue weighted by atomic mass is 16.3. The zero-order chi connectivity index (χ0) is 44.3. The van der Waals surface area contributed by atoms with E-state index < -0.39 is 6.23 Å². The van der Waals surface area contributed by atoms with Crippen molar-refractivity contribution in [1.29, 1.82) is 0 Å². The van der Waals surface area contributed by atoms with Crippen LogP contribution < -0.4 is 10.6 Å². The predicted molar refractivity (Wildman–Crippen MR) is 266 cm³/mol. The molecule has 0 saturated heterocycles. The van der Waals surface area contributed by atoms with Gasteiger partial charge in [-0.1, -0.05) is 188 Å². The molecule has 1 saturated carbocycles. The Morgan fingerprint density at radius 2 is 0.951 bits per heavy atom. The average molecular weight is 863 g/mol. The van der Waals surface area contributed by atoms with Gasteiger partial charge in [0.25, 0.3) is 0 Å². The van der Waals surface area contributed by atoms with E-state index in [4.69, 9.17) is 0 Å². The van der Waals surface area contributed by atoms with Gasteiger partial charge in [-0.05, 0) is 95.6 Å². The van der Waals surface area contributed by atoms with Crippen LogP contribution in [0.25, 0.3) is 0 Å². The van der Waals surface area contributed by atoms with Crippen molar-refractivity contribution in [3.8, 4) is 0 Å². The number of carbonyl (C=O) groups is 1. The smallest absolute Gasteiger partial charge is 0.220 e. The van der Waals surface area contributed by atoms with Crippen LogP contribution in [0.2, 0.25) is 0 Å². The molecule has 7 nitrogen and oxygen atoms in total. The lowest BCUT2D eigenvalue weighted by molar-refractivity contribution is -0.121. The van der Waals surface area contributed by atoms with Crippen molar-refractivity contribution in [2.75, 3.05) is 52.4 Å². The fourth-order valence-corrected chi connectivity index (χ4v) is 9.90. The van der Waals surface area contributed by atoms with E-state index in [-0.39, 0.29) is 12.5 Å². The second-order valence-electron chi connectivity index (χ2n) is 19.8. The van der Waals surface area contributed by atoms with Crippen LogP contribution in [0.3, 0.4) is 0 Å². The maximum Gasteiger partial charge on any atom is 0.220 e. The molecule has 1 aliphatic carbocycles. The Morgan fingerprint density at radius 1 is 0.508 bits per heavy atom. The third-order valence-electron chi connectivity index (χ3n) is 14.1. The fraction of sp³-hybridized carbons (Fsp3) is 0.981. The molecule has 0 aromatic rings. The number of hydrogen-bond donors (Lipinski definition) is 4. The van der Waals surface area contributed by atoms with E-state index in [1.165, 1.54) is 186 Å². The van der Waals surface area contributed by atoms with E-state index in [2.05, 4.69) is 48.1 Å². The maximum absolute atomic E-state index is 13.0. The molecule has 1 fully saturated rings. The van der Waals surface area contributed by atoms with Gasteiger partial charge in [0.2, 0.25) is 5.91 Å². The standard InChI is InChI=1S/C54H110N4O3/c1-5-9-13-17-19-26-36-50(34-24-15-11-7-3)48-55-53(60)40-30-22-32-42-57(44-45-58(46-47-59)52-38-28-21-29-39-52)43-33-23-31-41-54(61)56-49-51(35-25-16-12-8-4)37-27-20-18-14-10-6-2/h50-53,55,59-60H,5-49H2,1-4H3,(H,56,61). The molecular weight excluding hydrogens is 753 g/mol. The van der Waals surface area contributed by atoms with Crippen LogP contribution in [-0.4, -0.2) is 90.6 Å². The van der Waals surface area contributed by atoms with Gasteiger partial charge in [0.15, 0.2) is 0 Å². The molecule has 0 radical (unpaired) electrons. The van der Waals surface area contributed by atoms with E-state index in [9.17, 15) is 15.0 Å². The highest BCUT2D eigenvalue weighted by Gasteiger charge is 2.21. The number of rotatable bonds is 47. The van der Waals surface area contributed by atoms with Crippen LogP contribution in [0, 0.1) is 11.8 Å². The maximum atomic E-state index is 13.0. The molecule has 3 unspecified atom stereocenters. The van der Waals surface area contributed by atoms with Crippen LogP contribution in [0.5, 0.6) is 0 Å². The van der Waals surface area contributed by atoms with Crippen molar-refractivity contribution in [2.24, 2.45) is 11.8 Å².